The molecule has 1 unspecified atom stereocenters. The van der Waals surface area contributed by atoms with Crippen LogP contribution in [0.4, 0.5) is 13.2 Å². The standard InChI is InChI=1S/C22H26F3N3O/c1-3-20-15(2)12-27-28(20)14-17-9-7-16(8-10-17)13-26-21(29)18-5-4-6-19(11-18)22(23,24)25/h4-6,9,11-12,16H,3,7-8,10,13-14H2,1-2H3,(H,26,29). The molecule has 2 aromatic rings. The maximum absolute atomic E-state index is 12.8. The summed E-state index contributed by atoms with van der Waals surface area (Å²) in [7, 11) is 0. The van der Waals surface area contributed by atoms with Crippen molar-refractivity contribution in [2.75, 3.05) is 6.54 Å². The molecule has 1 heterocycles. The molecular formula is C22H26F3N3O. The van der Waals surface area contributed by atoms with Crippen molar-refractivity contribution in [3.8, 4) is 0 Å². The van der Waals surface area contributed by atoms with Gasteiger partial charge in [0.15, 0.2) is 0 Å². The number of alkyl halides is 3. The number of aromatic nitrogens is 2. The van der Waals surface area contributed by atoms with Gasteiger partial charge < -0.3 is 5.32 Å². The third-order valence-electron chi connectivity index (χ3n) is 5.46. The van der Waals surface area contributed by atoms with E-state index in [-0.39, 0.29) is 5.56 Å². The molecule has 156 valence electrons. The fourth-order valence-electron chi connectivity index (χ4n) is 3.74. The lowest BCUT2D eigenvalue weighted by Gasteiger charge is -2.23. The molecule has 1 amide bonds. The third-order valence-corrected chi connectivity index (χ3v) is 5.46. The second kappa shape index (κ2) is 8.84. The number of carbonyl (C=O) groups excluding carboxylic acids is 1. The summed E-state index contributed by atoms with van der Waals surface area (Å²) in [5.74, 6) is -0.177. The van der Waals surface area contributed by atoms with Gasteiger partial charge in [0.2, 0.25) is 0 Å². The van der Waals surface area contributed by atoms with E-state index in [0.29, 0.717) is 12.5 Å². The summed E-state index contributed by atoms with van der Waals surface area (Å²) in [4.78, 5) is 12.2. The van der Waals surface area contributed by atoms with Crippen LogP contribution in [0.1, 0.15) is 53.4 Å². The van der Waals surface area contributed by atoms with Crippen molar-refractivity contribution in [3.05, 3.63) is 64.5 Å². The summed E-state index contributed by atoms with van der Waals surface area (Å²) in [6, 6.07) is 4.52. The van der Waals surface area contributed by atoms with Crippen LogP contribution in [0.5, 0.6) is 0 Å². The molecule has 1 aliphatic carbocycles. The van der Waals surface area contributed by atoms with E-state index in [4.69, 9.17) is 0 Å². The number of allylic oxidation sites excluding steroid dienone is 2. The maximum atomic E-state index is 12.8. The van der Waals surface area contributed by atoms with Crippen molar-refractivity contribution in [2.24, 2.45) is 5.92 Å². The van der Waals surface area contributed by atoms with E-state index >= 15 is 0 Å². The van der Waals surface area contributed by atoms with Crippen molar-refractivity contribution in [1.82, 2.24) is 15.1 Å². The summed E-state index contributed by atoms with van der Waals surface area (Å²) < 4.78 is 40.5. The topological polar surface area (TPSA) is 46.9 Å². The molecule has 0 saturated carbocycles. The molecule has 1 aromatic carbocycles. The van der Waals surface area contributed by atoms with Gasteiger partial charge in [0.1, 0.15) is 0 Å². The van der Waals surface area contributed by atoms with E-state index in [0.717, 1.165) is 44.4 Å². The Morgan fingerprint density at radius 1 is 1.34 bits per heavy atom. The molecule has 1 aromatic heterocycles. The number of nitrogens with one attached hydrogen (secondary N) is 1. The minimum atomic E-state index is -4.45. The number of rotatable bonds is 6. The van der Waals surface area contributed by atoms with Crippen molar-refractivity contribution >= 4 is 5.91 Å². The highest BCUT2D eigenvalue weighted by molar-refractivity contribution is 5.94. The molecule has 0 bridgehead atoms. The van der Waals surface area contributed by atoms with E-state index in [1.54, 1.807) is 0 Å². The first-order valence-corrected chi connectivity index (χ1v) is 9.92. The number of nitrogens with zero attached hydrogens (tertiary/aromatic N) is 2. The van der Waals surface area contributed by atoms with Gasteiger partial charge in [-0.15, -0.1) is 0 Å². The average molecular weight is 405 g/mol. The Morgan fingerprint density at radius 2 is 2.14 bits per heavy atom. The highest BCUT2D eigenvalue weighted by Gasteiger charge is 2.31. The Kier molecular flexibility index (Phi) is 6.45. The fraction of sp³-hybridized carbons (Fsp3) is 0.455. The number of amides is 1. The van der Waals surface area contributed by atoms with Gasteiger partial charge in [-0.25, -0.2) is 0 Å². The SMILES string of the molecule is CCc1c(C)cnn1CC1=CCC(CNC(=O)c2cccc(C(F)(F)F)c2)CC1. The second-order valence-corrected chi connectivity index (χ2v) is 7.58. The van der Waals surface area contributed by atoms with Crippen LogP contribution in [0.3, 0.4) is 0 Å². The Hall–Kier alpha value is -2.57. The first kappa shape index (κ1) is 21.1. The molecular weight excluding hydrogens is 379 g/mol. The normalized spacial score (nSPS) is 17.1. The molecule has 1 N–H and O–H groups in total. The third kappa shape index (κ3) is 5.28. The first-order valence-electron chi connectivity index (χ1n) is 9.92. The zero-order chi connectivity index (χ0) is 21.0. The largest absolute Gasteiger partial charge is 0.416 e. The van der Waals surface area contributed by atoms with Crippen molar-refractivity contribution in [1.29, 1.82) is 0 Å². The highest BCUT2D eigenvalue weighted by atomic mass is 19.4. The molecule has 1 aliphatic rings. The predicted molar refractivity (Wildman–Crippen MR) is 106 cm³/mol. The van der Waals surface area contributed by atoms with Gasteiger partial charge in [-0.05, 0) is 62.3 Å². The highest BCUT2D eigenvalue weighted by Crippen LogP contribution is 2.29. The van der Waals surface area contributed by atoms with Gasteiger partial charge in [0, 0.05) is 17.8 Å². The molecule has 4 nitrogen and oxygen atoms in total. The quantitative estimate of drug-likeness (QED) is 0.693. The van der Waals surface area contributed by atoms with Crippen LogP contribution in [0.15, 0.2) is 42.1 Å². The van der Waals surface area contributed by atoms with Gasteiger partial charge in [-0.3, -0.25) is 9.48 Å². The molecule has 0 saturated heterocycles. The predicted octanol–water partition coefficient (Wildman–Crippen LogP) is 4.93. The molecule has 0 aliphatic heterocycles. The lowest BCUT2D eigenvalue weighted by atomic mass is 9.89. The average Bonchev–Trinajstić information content (AvgIpc) is 3.05. The summed E-state index contributed by atoms with van der Waals surface area (Å²) >= 11 is 0. The smallest absolute Gasteiger partial charge is 0.352 e. The number of aryl methyl sites for hydroxylation is 1. The lowest BCUT2D eigenvalue weighted by Crippen LogP contribution is -2.30. The monoisotopic (exact) mass is 405 g/mol. The first-order chi connectivity index (χ1) is 13.8. The minimum Gasteiger partial charge on any atom is -0.352 e. The Labute approximate surface area is 168 Å². The van der Waals surface area contributed by atoms with Crippen LogP contribution >= 0.6 is 0 Å². The van der Waals surface area contributed by atoms with Gasteiger partial charge in [-0.2, -0.15) is 18.3 Å². The van der Waals surface area contributed by atoms with E-state index in [1.807, 2.05) is 6.20 Å². The summed E-state index contributed by atoms with van der Waals surface area (Å²) in [6.45, 7) is 5.44. The molecule has 3 rings (SSSR count). The number of halogens is 3. The zero-order valence-electron chi connectivity index (χ0n) is 16.7. The number of hydrogen-bond acceptors (Lipinski definition) is 2. The van der Waals surface area contributed by atoms with Crippen LogP contribution in [0.2, 0.25) is 0 Å². The van der Waals surface area contributed by atoms with Crippen LogP contribution in [-0.4, -0.2) is 22.2 Å². The number of hydrogen-bond donors (Lipinski definition) is 1. The molecule has 0 radical (unpaired) electrons. The van der Waals surface area contributed by atoms with Crippen molar-refractivity contribution < 1.29 is 18.0 Å². The van der Waals surface area contributed by atoms with Crippen molar-refractivity contribution in [2.45, 2.75) is 52.3 Å². The summed E-state index contributed by atoms with van der Waals surface area (Å²) in [6.07, 6.45) is 3.33. The fourth-order valence-corrected chi connectivity index (χ4v) is 3.74. The van der Waals surface area contributed by atoms with Gasteiger partial charge in [0.25, 0.3) is 5.91 Å². The summed E-state index contributed by atoms with van der Waals surface area (Å²) in [5, 5.41) is 7.24. The zero-order valence-corrected chi connectivity index (χ0v) is 16.7. The van der Waals surface area contributed by atoms with Gasteiger partial charge in [0.05, 0.1) is 18.3 Å². The van der Waals surface area contributed by atoms with Gasteiger partial charge in [-0.1, -0.05) is 24.6 Å². The van der Waals surface area contributed by atoms with Gasteiger partial charge >= 0.3 is 6.18 Å². The van der Waals surface area contributed by atoms with E-state index in [1.165, 1.54) is 29.0 Å². The van der Waals surface area contributed by atoms with Crippen LogP contribution < -0.4 is 5.32 Å². The lowest BCUT2D eigenvalue weighted by molar-refractivity contribution is -0.137. The maximum Gasteiger partial charge on any atom is 0.416 e. The molecule has 1 atom stereocenters. The molecule has 7 heteroatoms. The second-order valence-electron chi connectivity index (χ2n) is 7.58. The number of carbonyl (C=O) groups is 1. The van der Waals surface area contributed by atoms with Crippen molar-refractivity contribution in [3.63, 3.8) is 0 Å². The summed E-state index contributed by atoms with van der Waals surface area (Å²) in [5.41, 5.74) is 3.02. The Bertz CT molecular complexity index is 899. The molecule has 0 fully saturated rings. The minimum absolute atomic E-state index is 0.0352. The Balaban J connectivity index is 1.52. The van der Waals surface area contributed by atoms with E-state index in [2.05, 4.69) is 35.0 Å². The van der Waals surface area contributed by atoms with Crippen LogP contribution in [-0.2, 0) is 19.1 Å². The Morgan fingerprint density at radius 3 is 2.79 bits per heavy atom. The van der Waals surface area contributed by atoms with Crippen LogP contribution in [0.25, 0.3) is 0 Å². The molecule has 0 spiro atoms. The number of benzene rings is 1. The van der Waals surface area contributed by atoms with E-state index < -0.39 is 17.6 Å². The molecule has 29 heavy (non-hydrogen) atoms. The van der Waals surface area contributed by atoms with Crippen LogP contribution in [0, 0.1) is 12.8 Å². The van der Waals surface area contributed by atoms with E-state index in [9.17, 15) is 18.0 Å².